The smallest absolute Gasteiger partial charge is 0.251 e. The lowest BCUT2D eigenvalue weighted by atomic mass is 10.1. The van der Waals surface area contributed by atoms with Gasteiger partial charge in [0.05, 0.1) is 6.04 Å². The Bertz CT molecular complexity index is 626. The summed E-state index contributed by atoms with van der Waals surface area (Å²) < 4.78 is 38.6. The van der Waals surface area contributed by atoms with Crippen molar-refractivity contribution < 1.29 is 18.0 Å². The van der Waals surface area contributed by atoms with E-state index in [9.17, 15) is 18.0 Å². The highest BCUT2D eigenvalue weighted by Crippen LogP contribution is 2.15. The van der Waals surface area contributed by atoms with Crippen molar-refractivity contribution in [3.05, 3.63) is 71.0 Å². The van der Waals surface area contributed by atoms with Crippen molar-refractivity contribution in [2.24, 2.45) is 0 Å². The molecule has 0 unspecified atom stereocenters. The van der Waals surface area contributed by atoms with Crippen LogP contribution < -0.4 is 5.32 Å². The lowest BCUT2D eigenvalue weighted by Gasteiger charge is -2.14. The van der Waals surface area contributed by atoms with E-state index in [-0.39, 0.29) is 17.4 Å². The maximum absolute atomic E-state index is 13.0. The van der Waals surface area contributed by atoms with Gasteiger partial charge in [0.2, 0.25) is 0 Å². The molecule has 0 aliphatic carbocycles. The molecule has 0 bridgehead atoms. The van der Waals surface area contributed by atoms with E-state index < -0.39 is 17.5 Å². The summed E-state index contributed by atoms with van der Waals surface area (Å²) in [6.45, 7) is 1.71. The molecule has 0 fully saturated rings. The Labute approximate surface area is 114 Å². The van der Waals surface area contributed by atoms with E-state index in [2.05, 4.69) is 5.32 Å². The molecule has 104 valence electrons. The van der Waals surface area contributed by atoms with Crippen LogP contribution in [0.1, 0.15) is 28.9 Å². The van der Waals surface area contributed by atoms with Gasteiger partial charge in [-0.25, -0.2) is 13.2 Å². The number of carbonyl (C=O) groups is 1. The summed E-state index contributed by atoms with van der Waals surface area (Å²) >= 11 is 0. The molecule has 0 heterocycles. The van der Waals surface area contributed by atoms with Crippen molar-refractivity contribution >= 4 is 5.91 Å². The van der Waals surface area contributed by atoms with Crippen molar-refractivity contribution in [2.45, 2.75) is 13.0 Å². The van der Waals surface area contributed by atoms with Crippen molar-refractivity contribution in [3.63, 3.8) is 0 Å². The average molecular weight is 279 g/mol. The Balaban J connectivity index is 2.10. The van der Waals surface area contributed by atoms with Crippen LogP contribution >= 0.6 is 0 Å². The Hall–Kier alpha value is -2.30. The van der Waals surface area contributed by atoms with Gasteiger partial charge < -0.3 is 5.32 Å². The first-order valence-corrected chi connectivity index (χ1v) is 5.99. The highest BCUT2D eigenvalue weighted by molar-refractivity contribution is 5.94. The number of carbonyl (C=O) groups excluding carboxylic acids is 1. The molecule has 2 rings (SSSR count). The van der Waals surface area contributed by atoms with Crippen LogP contribution in [0, 0.1) is 17.5 Å². The van der Waals surface area contributed by atoms with E-state index >= 15 is 0 Å². The topological polar surface area (TPSA) is 29.1 Å². The van der Waals surface area contributed by atoms with E-state index in [0.29, 0.717) is 5.56 Å². The van der Waals surface area contributed by atoms with Crippen LogP contribution in [0.3, 0.4) is 0 Å². The fraction of sp³-hybridized carbons (Fsp3) is 0.133. The third kappa shape index (κ3) is 3.17. The Morgan fingerprint density at radius 1 is 1.00 bits per heavy atom. The Morgan fingerprint density at radius 3 is 2.25 bits per heavy atom. The van der Waals surface area contributed by atoms with Crippen LogP contribution in [0.15, 0.2) is 42.5 Å². The van der Waals surface area contributed by atoms with E-state index in [1.165, 1.54) is 18.2 Å². The zero-order valence-electron chi connectivity index (χ0n) is 10.7. The van der Waals surface area contributed by atoms with Crippen LogP contribution in [-0.2, 0) is 0 Å². The minimum Gasteiger partial charge on any atom is -0.346 e. The molecule has 0 aromatic heterocycles. The predicted octanol–water partition coefficient (Wildman–Crippen LogP) is 3.59. The normalized spacial score (nSPS) is 12.0. The van der Waals surface area contributed by atoms with E-state index in [4.69, 9.17) is 0 Å². The molecule has 1 atom stereocenters. The molecule has 0 radical (unpaired) electrons. The highest BCUT2D eigenvalue weighted by Gasteiger charge is 2.13. The molecule has 20 heavy (non-hydrogen) atoms. The summed E-state index contributed by atoms with van der Waals surface area (Å²) in [4.78, 5) is 11.9. The van der Waals surface area contributed by atoms with Crippen LogP contribution in [0.5, 0.6) is 0 Å². The average Bonchev–Trinajstić information content (AvgIpc) is 2.42. The first kappa shape index (κ1) is 14.1. The van der Waals surface area contributed by atoms with E-state index in [0.717, 1.165) is 12.1 Å². The fourth-order valence-corrected chi connectivity index (χ4v) is 1.75. The Morgan fingerprint density at radius 2 is 1.65 bits per heavy atom. The number of hydrogen-bond acceptors (Lipinski definition) is 1. The summed E-state index contributed by atoms with van der Waals surface area (Å²) in [7, 11) is 0. The van der Waals surface area contributed by atoms with Gasteiger partial charge >= 0.3 is 0 Å². The Kier molecular flexibility index (Phi) is 4.08. The third-order valence-corrected chi connectivity index (χ3v) is 2.90. The SMILES string of the molecule is C[C@@H](NC(=O)c1ccc(F)c(F)c1)c1ccc(F)cc1. The maximum Gasteiger partial charge on any atom is 0.251 e. The quantitative estimate of drug-likeness (QED) is 0.914. The van der Waals surface area contributed by atoms with Gasteiger partial charge in [0.25, 0.3) is 5.91 Å². The van der Waals surface area contributed by atoms with Crippen LogP contribution in [0.25, 0.3) is 0 Å². The molecule has 2 nitrogen and oxygen atoms in total. The van der Waals surface area contributed by atoms with Gasteiger partial charge in [-0.15, -0.1) is 0 Å². The number of rotatable bonds is 3. The molecule has 2 aromatic rings. The van der Waals surface area contributed by atoms with Gasteiger partial charge in [-0.1, -0.05) is 12.1 Å². The van der Waals surface area contributed by atoms with E-state index in [1.54, 1.807) is 19.1 Å². The number of amides is 1. The summed E-state index contributed by atoms with van der Waals surface area (Å²) in [6, 6.07) is 8.22. The standard InChI is InChI=1S/C15H12F3NO/c1-9(10-2-5-12(16)6-3-10)19-15(20)11-4-7-13(17)14(18)8-11/h2-9H,1H3,(H,19,20)/t9-/m1/s1. The molecule has 2 aromatic carbocycles. The monoisotopic (exact) mass is 279 g/mol. The molecule has 0 aliphatic rings. The molecule has 1 N–H and O–H groups in total. The second-order valence-corrected chi connectivity index (χ2v) is 4.38. The predicted molar refractivity (Wildman–Crippen MR) is 68.6 cm³/mol. The van der Waals surface area contributed by atoms with Crippen LogP contribution in [-0.4, -0.2) is 5.91 Å². The summed E-state index contributed by atoms with van der Waals surface area (Å²) in [6.07, 6.45) is 0. The lowest BCUT2D eigenvalue weighted by molar-refractivity contribution is 0.0939. The number of halogens is 3. The molecular formula is C15H12F3NO. The van der Waals surface area contributed by atoms with Crippen molar-refractivity contribution in [3.8, 4) is 0 Å². The third-order valence-electron chi connectivity index (χ3n) is 2.90. The fourth-order valence-electron chi connectivity index (χ4n) is 1.75. The second kappa shape index (κ2) is 5.77. The maximum atomic E-state index is 13.0. The molecule has 0 spiro atoms. The van der Waals surface area contributed by atoms with Crippen molar-refractivity contribution in [1.29, 1.82) is 0 Å². The van der Waals surface area contributed by atoms with Crippen molar-refractivity contribution in [1.82, 2.24) is 5.32 Å². The zero-order chi connectivity index (χ0) is 14.7. The first-order chi connectivity index (χ1) is 9.47. The van der Waals surface area contributed by atoms with Gasteiger partial charge in [-0.2, -0.15) is 0 Å². The number of nitrogens with one attached hydrogen (secondary N) is 1. The summed E-state index contributed by atoms with van der Waals surface area (Å²) in [5.74, 6) is -2.98. The minimum absolute atomic E-state index is 0.0258. The van der Waals surface area contributed by atoms with Crippen molar-refractivity contribution in [2.75, 3.05) is 0 Å². The molecule has 5 heteroatoms. The number of benzene rings is 2. The summed E-state index contributed by atoms with van der Waals surface area (Å²) in [5.41, 5.74) is 0.736. The summed E-state index contributed by atoms with van der Waals surface area (Å²) in [5, 5.41) is 2.63. The van der Waals surface area contributed by atoms with Gasteiger partial charge in [0.1, 0.15) is 5.82 Å². The minimum atomic E-state index is -1.08. The molecule has 0 saturated carbocycles. The number of hydrogen-bond donors (Lipinski definition) is 1. The molecule has 0 aliphatic heterocycles. The molecule has 0 saturated heterocycles. The molecular weight excluding hydrogens is 267 g/mol. The van der Waals surface area contributed by atoms with Gasteiger partial charge in [0, 0.05) is 5.56 Å². The largest absolute Gasteiger partial charge is 0.346 e. The van der Waals surface area contributed by atoms with Crippen LogP contribution in [0.4, 0.5) is 13.2 Å². The first-order valence-electron chi connectivity index (χ1n) is 5.99. The molecule has 1 amide bonds. The van der Waals surface area contributed by atoms with Gasteiger partial charge in [0.15, 0.2) is 11.6 Å². The van der Waals surface area contributed by atoms with E-state index in [1.807, 2.05) is 0 Å². The lowest BCUT2D eigenvalue weighted by Crippen LogP contribution is -2.26. The van der Waals surface area contributed by atoms with Gasteiger partial charge in [-0.3, -0.25) is 4.79 Å². The van der Waals surface area contributed by atoms with Crippen LogP contribution in [0.2, 0.25) is 0 Å². The zero-order valence-corrected chi connectivity index (χ0v) is 10.7. The highest BCUT2D eigenvalue weighted by atomic mass is 19.2. The van der Waals surface area contributed by atoms with Gasteiger partial charge in [-0.05, 0) is 42.8 Å². The second-order valence-electron chi connectivity index (χ2n) is 4.38.